The van der Waals surface area contributed by atoms with Gasteiger partial charge in [0.05, 0.1) is 35.1 Å². The van der Waals surface area contributed by atoms with E-state index in [4.69, 9.17) is 6.42 Å². The number of hydrogen-bond acceptors (Lipinski definition) is 4. The Hall–Kier alpha value is -3.56. The average molecular weight is 457 g/mol. The number of carbonyl (C=O) groups excluding carboxylic acids is 1. The smallest absolute Gasteiger partial charge is 0.264 e. The molecule has 0 spiro atoms. The minimum atomic E-state index is -3.91. The summed E-state index contributed by atoms with van der Waals surface area (Å²) in [5, 5.41) is 0. The van der Waals surface area contributed by atoms with E-state index in [9.17, 15) is 13.2 Å². The Morgan fingerprint density at radius 1 is 1.00 bits per heavy atom. The third kappa shape index (κ3) is 3.40. The van der Waals surface area contributed by atoms with Crippen molar-refractivity contribution in [2.45, 2.75) is 36.2 Å². The van der Waals surface area contributed by atoms with Crippen LogP contribution in [0.25, 0.3) is 0 Å². The number of fused-ring (bicyclic) bond motifs is 4. The van der Waals surface area contributed by atoms with Crippen LogP contribution in [0.1, 0.15) is 23.5 Å². The molecule has 1 heterocycles. The Balaban J connectivity index is 1.71. The number of Topliss-reactive ketones (excluding diaryl/α,β-unsaturated/α-hetero) is 1. The second-order valence-corrected chi connectivity index (χ2v) is 10.4. The lowest BCUT2D eigenvalue weighted by atomic mass is 9.86. The third-order valence-corrected chi connectivity index (χ3v) is 8.44. The van der Waals surface area contributed by atoms with E-state index < -0.39 is 28.0 Å². The molecule has 0 N–H and O–H groups in total. The highest BCUT2D eigenvalue weighted by molar-refractivity contribution is 7.92. The van der Waals surface area contributed by atoms with E-state index in [0.29, 0.717) is 5.69 Å². The summed E-state index contributed by atoms with van der Waals surface area (Å²) >= 11 is 0. The Labute approximate surface area is 194 Å². The van der Waals surface area contributed by atoms with E-state index in [1.807, 2.05) is 60.4 Å². The monoisotopic (exact) mass is 456 g/mol. The molecule has 33 heavy (non-hydrogen) atoms. The van der Waals surface area contributed by atoms with Gasteiger partial charge in [-0.2, -0.15) is 0 Å². The van der Waals surface area contributed by atoms with Crippen LogP contribution in [0.4, 0.5) is 11.4 Å². The number of rotatable bonds is 5. The predicted octanol–water partition coefficient (Wildman–Crippen LogP) is 4.14. The number of carbonyl (C=O) groups is 1. The maximum absolute atomic E-state index is 14.0. The van der Waals surface area contributed by atoms with Crippen LogP contribution >= 0.6 is 0 Å². The minimum Gasteiger partial charge on any atom is -0.354 e. The fraction of sp³-hybridized carbons (Fsp3) is 0.222. The summed E-state index contributed by atoms with van der Waals surface area (Å²) in [5.74, 6) is 2.31. The van der Waals surface area contributed by atoms with Crippen LogP contribution in [0.15, 0.2) is 83.8 Å². The van der Waals surface area contributed by atoms with Gasteiger partial charge in [-0.05, 0) is 42.8 Å². The van der Waals surface area contributed by atoms with Crippen LogP contribution < -0.4 is 9.21 Å². The zero-order valence-electron chi connectivity index (χ0n) is 18.3. The van der Waals surface area contributed by atoms with Crippen LogP contribution in [0, 0.1) is 19.3 Å². The molecule has 1 aliphatic carbocycles. The van der Waals surface area contributed by atoms with Gasteiger partial charge in [-0.3, -0.25) is 9.10 Å². The zero-order valence-corrected chi connectivity index (χ0v) is 19.1. The standard InChI is InChI=1S/C27H24N2O3S/c1-3-17-28(20-9-5-4-6-10-20)27-24-18-25(30)26(27)22-11-7-8-12-23(22)29(24)33(31,32)21-15-13-19(2)14-16-21/h1,4-16,24,26-27H,17-18H2,2H3. The molecule has 3 atom stereocenters. The summed E-state index contributed by atoms with van der Waals surface area (Å²) in [6.45, 7) is 2.19. The van der Waals surface area contributed by atoms with Gasteiger partial charge < -0.3 is 4.90 Å². The molecular weight excluding hydrogens is 432 g/mol. The second kappa shape index (κ2) is 8.09. The fourth-order valence-corrected chi connectivity index (χ4v) is 6.87. The van der Waals surface area contributed by atoms with Gasteiger partial charge in [0.2, 0.25) is 0 Å². The van der Waals surface area contributed by atoms with Crippen molar-refractivity contribution in [2.24, 2.45) is 0 Å². The molecule has 166 valence electrons. The van der Waals surface area contributed by atoms with E-state index in [1.54, 1.807) is 30.3 Å². The number of para-hydroxylation sites is 2. The van der Waals surface area contributed by atoms with Crippen LogP contribution in [-0.4, -0.2) is 32.8 Å². The summed E-state index contributed by atoms with van der Waals surface area (Å²) in [5.41, 5.74) is 3.15. The Morgan fingerprint density at radius 3 is 2.36 bits per heavy atom. The average Bonchev–Trinajstić information content (AvgIpc) is 3.07. The highest BCUT2D eigenvalue weighted by Gasteiger charge is 2.56. The van der Waals surface area contributed by atoms with Gasteiger partial charge in [0.25, 0.3) is 10.0 Å². The van der Waals surface area contributed by atoms with Crippen LogP contribution in [-0.2, 0) is 14.8 Å². The third-order valence-electron chi connectivity index (χ3n) is 6.59. The first-order valence-corrected chi connectivity index (χ1v) is 12.4. The van der Waals surface area contributed by atoms with Crippen LogP contribution in [0.3, 0.4) is 0 Å². The van der Waals surface area contributed by atoms with Gasteiger partial charge in [0.1, 0.15) is 5.78 Å². The summed E-state index contributed by atoms with van der Waals surface area (Å²) in [7, 11) is -3.91. The minimum absolute atomic E-state index is 0.0389. The first kappa shape index (κ1) is 21.3. The first-order chi connectivity index (χ1) is 15.9. The van der Waals surface area contributed by atoms with E-state index >= 15 is 0 Å². The molecule has 5 rings (SSSR count). The Bertz CT molecular complexity index is 1340. The number of nitrogens with zero attached hydrogens (tertiary/aromatic N) is 2. The zero-order chi connectivity index (χ0) is 23.2. The Kier molecular flexibility index (Phi) is 5.22. The topological polar surface area (TPSA) is 57.7 Å². The van der Waals surface area contributed by atoms with Crippen molar-refractivity contribution in [3.63, 3.8) is 0 Å². The van der Waals surface area contributed by atoms with Gasteiger partial charge in [-0.25, -0.2) is 8.42 Å². The molecule has 5 nitrogen and oxygen atoms in total. The summed E-state index contributed by atoms with van der Waals surface area (Å²) in [6.07, 6.45) is 5.87. The number of anilines is 2. The van der Waals surface area contributed by atoms with Crippen molar-refractivity contribution in [1.29, 1.82) is 0 Å². The van der Waals surface area contributed by atoms with E-state index in [2.05, 4.69) is 5.92 Å². The molecular formula is C27H24N2O3S. The summed E-state index contributed by atoms with van der Waals surface area (Å²) in [4.78, 5) is 15.5. The number of terminal acetylenes is 1. The molecule has 0 radical (unpaired) electrons. The highest BCUT2D eigenvalue weighted by Crippen LogP contribution is 2.50. The van der Waals surface area contributed by atoms with Gasteiger partial charge in [-0.1, -0.05) is 60.0 Å². The van der Waals surface area contributed by atoms with Gasteiger partial charge >= 0.3 is 0 Å². The van der Waals surface area contributed by atoms with Crippen LogP contribution in [0.5, 0.6) is 0 Å². The van der Waals surface area contributed by atoms with Crippen molar-refractivity contribution in [3.8, 4) is 12.3 Å². The van der Waals surface area contributed by atoms with Crippen molar-refractivity contribution in [3.05, 3.63) is 90.0 Å². The van der Waals surface area contributed by atoms with Crippen molar-refractivity contribution >= 4 is 27.2 Å². The number of sulfonamides is 1. The quantitative estimate of drug-likeness (QED) is 0.542. The molecule has 1 aliphatic heterocycles. The molecule has 3 aromatic rings. The molecule has 0 amide bonds. The van der Waals surface area contributed by atoms with Gasteiger partial charge in [0.15, 0.2) is 0 Å². The highest BCUT2D eigenvalue weighted by atomic mass is 32.2. The number of hydrogen-bond donors (Lipinski definition) is 0. The van der Waals surface area contributed by atoms with E-state index in [1.165, 1.54) is 4.31 Å². The van der Waals surface area contributed by atoms with Gasteiger partial charge in [-0.15, -0.1) is 6.42 Å². The van der Waals surface area contributed by atoms with Crippen molar-refractivity contribution in [1.82, 2.24) is 0 Å². The molecule has 2 bridgehead atoms. The summed E-state index contributed by atoms with van der Waals surface area (Å²) in [6, 6.07) is 22.8. The fourth-order valence-electron chi connectivity index (χ4n) is 5.18. The van der Waals surface area contributed by atoms with Gasteiger partial charge in [0, 0.05) is 12.1 Å². The molecule has 0 aromatic heterocycles. The van der Waals surface area contributed by atoms with Crippen LogP contribution in [0.2, 0.25) is 0 Å². The molecule has 2 aliphatic rings. The number of ketones is 1. The molecule has 0 saturated heterocycles. The Morgan fingerprint density at radius 2 is 1.67 bits per heavy atom. The summed E-state index contributed by atoms with van der Waals surface area (Å²) < 4.78 is 29.4. The maximum atomic E-state index is 14.0. The largest absolute Gasteiger partial charge is 0.354 e. The predicted molar refractivity (Wildman–Crippen MR) is 130 cm³/mol. The first-order valence-electron chi connectivity index (χ1n) is 10.9. The molecule has 1 fully saturated rings. The molecule has 3 aromatic carbocycles. The number of aryl methyl sites for hydroxylation is 1. The molecule has 3 unspecified atom stereocenters. The number of benzene rings is 3. The van der Waals surface area contributed by atoms with Crippen molar-refractivity contribution < 1.29 is 13.2 Å². The molecule has 1 saturated carbocycles. The SMILES string of the molecule is C#CCN(c1ccccc1)C1C2C(=O)CC1N(S(=O)(=O)c1ccc(C)cc1)c1ccccc12. The second-order valence-electron chi connectivity index (χ2n) is 8.55. The lowest BCUT2D eigenvalue weighted by Gasteiger charge is -2.45. The molecule has 6 heteroatoms. The normalized spacial score (nSPS) is 21.4. The van der Waals surface area contributed by atoms with Crippen molar-refractivity contribution in [2.75, 3.05) is 15.7 Å². The van der Waals surface area contributed by atoms with E-state index in [-0.39, 0.29) is 23.6 Å². The lowest BCUT2D eigenvalue weighted by molar-refractivity contribution is -0.118. The lowest BCUT2D eigenvalue weighted by Crippen LogP contribution is -2.56. The maximum Gasteiger partial charge on any atom is 0.264 e. The van der Waals surface area contributed by atoms with E-state index in [0.717, 1.165) is 16.8 Å².